The fourth-order valence-corrected chi connectivity index (χ4v) is 5.33. The minimum atomic E-state index is -4.94. The maximum atomic E-state index is 8.49. The molecule has 1 aliphatic heterocycles. The molecule has 3 aromatic carbocycles. The summed E-state index contributed by atoms with van der Waals surface area (Å²) in [6.07, 6.45) is 2.24. The van der Waals surface area contributed by atoms with E-state index in [1.165, 1.54) is 31.1 Å². The number of halogens is 1. The second kappa shape index (κ2) is 10.1. The van der Waals surface area contributed by atoms with Crippen LogP contribution in [-0.2, 0) is 0 Å². The van der Waals surface area contributed by atoms with Gasteiger partial charge in [0, 0.05) is 32.7 Å². The van der Waals surface area contributed by atoms with Crippen LogP contribution in [0, 0.1) is 17.2 Å². The SMILES string of the molecule is Cc1ccc([NH+]=c2cc(/C=C3/Nc4ccccc4S3)sc3ccccc23)cc1.[O-][Cl+3]([O-])([O-])[O-]. The summed E-state index contributed by atoms with van der Waals surface area (Å²) in [7, 11) is -4.94. The molecule has 4 aromatic rings. The van der Waals surface area contributed by atoms with E-state index in [2.05, 4.69) is 102 Å². The Kier molecular flexibility index (Phi) is 7.16. The van der Waals surface area contributed by atoms with Gasteiger partial charge in [0.15, 0.2) is 0 Å². The molecule has 1 aromatic heterocycles. The van der Waals surface area contributed by atoms with Crippen molar-refractivity contribution in [2.75, 3.05) is 5.32 Å². The van der Waals surface area contributed by atoms with Gasteiger partial charge < -0.3 is 5.32 Å². The van der Waals surface area contributed by atoms with Crippen LogP contribution in [0.2, 0.25) is 0 Å². The number of anilines is 1. The maximum Gasteiger partial charge on any atom is 0.214 e. The fraction of sp³-hybridized carbons (Fsp3) is 0.0417. The third-order valence-electron chi connectivity index (χ3n) is 4.66. The highest BCUT2D eigenvalue weighted by Crippen LogP contribution is 2.41. The van der Waals surface area contributed by atoms with Crippen molar-refractivity contribution in [3.63, 3.8) is 0 Å². The predicted octanol–water partition coefficient (Wildman–Crippen LogP) is 0.283. The Balaban J connectivity index is 0.000000471. The molecule has 2 heterocycles. The van der Waals surface area contributed by atoms with E-state index in [9.17, 15) is 0 Å². The third kappa shape index (κ3) is 6.66. The zero-order valence-corrected chi connectivity index (χ0v) is 19.8. The number of benzene rings is 3. The summed E-state index contributed by atoms with van der Waals surface area (Å²) in [5.74, 6) is 0. The molecule has 0 radical (unpaired) electrons. The number of aryl methyl sites for hydroxylation is 1. The Morgan fingerprint density at radius 3 is 2.27 bits per heavy atom. The number of nitrogens with one attached hydrogen (secondary N) is 2. The van der Waals surface area contributed by atoms with E-state index in [0.717, 1.165) is 16.1 Å². The van der Waals surface area contributed by atoms with Gasteiger partial charge >= 0.3 is 0 Å². The van der Waals surface area contributed by atoms with Crippen LogP contribution in [0.5, 0.6) is 0 Å². The molecule has 0 unspecified atom stereocenters. The first-order valence-electron chi connectivity index (χ1n) is 9.81. The predicted molar refractivity (Wildman–Crippen MR) is 121 cm³/mol. The van der Waals surface area contributed by atoms with Crippen molar-refractivity contribution in [2.24, 2.45) is 0 Å². The largest absolute Gasteiger partial charge is 0.349 e. The minimum absolute atomic E-state index is 1.10. The lowest BCUT2D eigenvalue weighted by Gasteiger charge is -2.17. The highest BCUT2D eigenvalue weighted by Gasteiger charge is 2.15. The van der Waals surface area contributed by atoms with Crippen LogP contribution in [0.1, 0.15) is 10.4 Å². The first kappa shape index (κ1) is 23.5. The molecule has 0 atom stereocenters. The maximum absolute atomic E-state index is 8.49. The van der Waals surface area contributed by atoms with Gasteiger partial charge in [0.25, 0.3) is 0 Å². The first-order chi connectivity index (χ1) is 15.7. The number of thioether (sulfide) groups is 1. The summed E-state index contributed by atoms with van der Waals surface area (Å²) in [5, 5.41) is 7.05. The molecule has 9 heteroatoms. The highest BCUT2D eigenvalue weighted by atomic mass is 35.7. The van der Waals surface area contributed by atoms with E-state index >= 15 is 0 Å². The van der Waals surface area contributed by atoms with E-state index in [0.29, 0.717) is 0 Å². The normalized spacial score (nSPS) is 14.6. The van der Waals surface area contributed by atoms with Gasteiger partial charge in [-0.05, 0) is 37.3 Å². The summed E-state index contributed by atoms with van der Waals surface area (Å²) >= 11 is 3.59. The molecule has 5 rings (SSSR count). The van der Waals surface area contributed by atoms with Crippen molar-refractivity contribution in [1.82, 2.24) is 0 Å². The van der Waals surface area contributed by atoms with E-state index < -0.39 is 10.2 Å². The van der Waals surface area contributed by atoms with Gasteiger partial charge in [-0.3, -0.25) is 0 Å². The van der Waals surface area contributed by atoms with Gasteiger partial charge in [-0.1, -0.05) is 53.7 Å². The third-order valence-corrected chi connectivity index (χ3v) is 6.72. The topological polar surface area (TPSA) is 118 Å². The molecular formula is C24H19ClN2O4S2. The van der Waals surface area contributed by atoms with Crippen molar-refractivity contribution in [3.05, 3.63) is 99.7 Å². The molecule has 0 saturated carbocycles. The van der Waals surface area contributed by atoms with Gasteiger partial charge in [0.1, 0.15) is 0 Å². The number of para-hydroxylation sites is 1. The minimum Gasteiger partial charge on any atom is -0.349 e. The lowest BCUT2D eigenvalue weighted by Crippen LogP contribution is -2.70. The van der Waals surface area contributed by atoms with Gasteiger partial charge in [-0.15, -0.1) is 21.6 Å². The summed E-state index contributed by atoms with van der Waals surface area (Å²) in [6, 6.07) is 27.8. The van der Waals surface area contributed by atoms with Crippen LogP contribution < -0.4 is 34.3 Å². The molecule has 0 saturated heterocycles. The molecule has 6 nitrogen and oxygen atoms in total. The molecule has 0 spiro atoms. The first-order valence-corrected chi connectivity index (χ1v) is 12.7. The second-order valence-electron chi connectivity index (χ2n) is 7.16. The van der Waals surface area contributed by atoms with Gasteiger partial charge in [-0.2, -0.15) is 0 Å². The Morgan fingerprint density at radius 2 is 1.55 bits per heavy atom. The molecular weight excluding hydrogens is 480 g/mol. The average molecular weight is 499 g/mol. The molecule has 0 bridgehead atoms. The smallest absolute Gasteiger partial charge is 0.214 e. The second-order valence-corrected chi connectivity index (χ2v) is 10.1. The number of hydrogen-bond donors (Lipinski definition) is 2. The molecule has 0 amide bonds. The summed E-state index contributed by atoms with van der Waals surface area (Å²) in [6.45, 7) is 2.11. The van der Waals surface area contributed by atoms with Gasteiger partial charge in [0.05, 0.1) is 16.1 Å². The van der Waals surface area contributed by atoms with E-state index in [1.807, 2.05) is 11.3 Å². The standard InChI is InChI=1S/C24H18N2S2.ClHO4/c1-16-10-12-17(13-11-16)25-21-14-18(27-22-8-4-2-6-19(21)22)15-24-26-20-7-3-5-9-23(20)28-24;2-1(3,4)5/h2-15,26H,1H3;(H,2,3,4,5)/b24-15-,25-21?;. The number of fused-ring (bicyclic) bond motifs is 2. The Morgan fingerprint density at radius 1 is 0.879 bits per heavy atom. The van der Waals surface area contributed by atoms with Gasteiger partial charge in [0.2, 0.25) is 11.0 Å². The average Bonchev–Trinajstić information content (AvgIpc) is 3.16. The van der Waals surface area contributed by atoms with E-state index in [1.54, 1.807) is 11.8 Å². The zero-order valence-electron chi connectivity index (χ0n) is 17.4. The highest BCUT2D eigenvalue weighted by molar-refractivity contribution is 8.03. The van der Waals surface area contributed by atoms with Crippen LogP contribution in [-0.4, -0.2) is 0 Å². The molecule has 33 heavy (non-hydrogen) atoms. The number of rotatable bonds is 2. The number of hydrogen-bond acceptors (Lipinski definition) is 7. The van der Waals surface area contributed by atoms with Crippen LogP contribution in [0.15, 0.2) is 88.8 Å². The molecule has 168 valence electrons. The van der Waals surface area contributed by atoms with E-state index in [-0.39, 0.29) is 0 Å². The Bertz CT molecular complexity index is 1350. The monoisotopic (exact) mass is 498 g/mol. The van der Waals surface area contributed by atoms with Crippen molar-refractivity contribution in [1.29, 1.82) is 0 Å². The Hall–Kier alpha value is -2.69. The summed E-state index contributed by atoms with van der Waals surface area (Å²) in [4.78, 5) is 6.10. The van der Waals surface area contributed by atoms with Crippen molar-refractivity contribution in [3.8, 4) is 0 Å². The van der Waals surface area contributed by atoms with Gasteiger partial charge in [-0.25, -0.2) is 23.6 Å². The molecule has 0 fully saturated rings. The van der Waals surface area contributed by atoms with Crippen molar-refractivity contribution < 1.29 is 33.9 Å². The fourth-order valence-electron chi connectivity index (χ4n) is 3.25. The quantitative estimate of drug-likeness (QED) is 0.410. The lowest BCUT2D eigenvalue weighted by atomic mass is 10.2. The van der Waals surface area contributed by atoms with Crippen molar-refractivity contribution in [2.45, 2.75) is 11.8 Å². The van der Waals surface area contributed by atoms with Crippen LogP contribution in [0.4, 0.5) is 11.4 Å². The van der Waals surface area contributed by atoms with Crippen LogP contribution in [0.3, 0.4) is 0 Å². The van der Waals surface area contributed by atoms with Crippen LogP contribution >= 0.6 is 23.1 Å². The Labute approximate surface area is 200 Å². The zero-order chi connectivity index (χ0) is 23.4. The lowest BCUT2D eigenvalue weighted by molar-refractivity contribution is -2.00. The molecule has 0 aliphatic carbocycles. The van der Waals surface area contributed by atoms with E-state index in [4.69, 9.17) is 18.6 Å². The molecule has 1 aliphatic rings. The summed E-state index contributed by atoms with van der Waals surface area (Å²) < 4.78 is 35.2. The van der Waals surface area contributed by atoms with Crippen LogP contribution in [0.25, 0.3) is 16.2 Å². The summed E-state index contributed by atoms with van der Waals surface area (Å²) in [5.41, 5.74) is 3.55. The molecule has 2 N–H and O–H groups in total. The van der Waals surface area contributed by atoms with Crippen molar-refractivity contribution >= 4 is 50.6 Å².